The Balaban J connectivity index is 2.05. The van der Waals surface area contributed by atoms with Gasteiger partial charge in [0, 0.05) is 43.0 Å². The number of aryl methyl sites for hydroxylation is 1. The largest absolute Gasteiger partial charge is 0.306 e. The van der Waals surface area contributed by atoms with Crippen LogP contribution in [0, 0.1) is 17.0 Å². The summed E-state index contributed by atoms with van der Waals surface area (Å²) in [5.41, 5.74) is 3.27. The molecule has 0 aliphatic carbocycles. The van der Waals surface area contributed by atoms with Crippen molar-refractivity contribution in [2.24, 2.45) is 7.05 Å². The second-order valence-electron chi connectivity index (χ2n) is 4.83. The van der Waals surface area contributed by atoms with Crippen molar-refractivity contribution in [2.45, 2.75) is 26.4 Å². The third-order valence-electron chi connectivity index (χ3n) is 3.52. The molecular weight excluding hydrogens is 256 g/mol. The quantitative estimate of drug-likeness (QED) is 0.671. The highest BCUT2D eigenvalue weighted by atomic mass is 16.6. The molecule has 6 nitrogen and oxygen atoms in total. The van der Waals surface area contributed by atoms with Gasteiger partial charge in [-0.1, -0.05) is 12.1 Å². The molecule has 106 valence electrons. The molecule has 1 N–H and O–H groups in total. The molecule has 0 amide bonds. The van der Waals surface area contributed by atoms with Crippen LogP contribution in [0.25, 0.3) is 0 Å². The summed E-state index contributed by atoms with van der Waals surface area (Å²) >= 11 is 0. The molecule has 20 heavy (non-hydrogen) atoms. The van der Waals surface area contributed by atoms with Crippen molar-refractivity contribution in [2.75, 3.05) is 0 Å². The fourth-order valence-electron chi connectivity index (χ4n) is 2.01. The summed E-state index contributed by atoms with van der Waals surface area (Å²) in [6, 6.07) is 6.74. The Kier molecular flexibility index (Phi) is 4.14. The highest BCUT2D eigenvalue weighted by molar-refractivity contribution is 5.35. The second-order valence-corrected chi connectivity index (χ2v) is 4.83. The molecule has 1 atom stereocenters. The maximum atomic E-state index is 10.8. The number of nitro groups is 1. The molecule has 0 saturated heterocycles. The lowest BCUT2D eigenvalue weighted by Gasteiger charge is -2.14. The van der Waals surface area contributed by atoms with Crippen molar-refractivity contribution in [3.8, 4) is 0 Å². The summed E-state index contributed by atoms with van der Waals surface area (Å²) in [4.78, 5) is 10.4. The molecule has 1 unspecified atom stereocenters. The van der Waals surface area contributed by atoms with Crippen LogP contribution < -0.4 is 5.32 Å². The van der Waals surface area contributed by atoms with Crippen molar-refractivity contribution in [3.05, 3.63) is 57.4 Å². The molecule has 0 aliphatic heterocycles. The number of nitro benzene ring substituents is 1. The molecule has 1 aromatic carbocycles. The summed E-state index contributed by atoms with van der Waals surface area (Å²) < 4.78 is 1.83. The van der Waals surface area contributed by atoms with Crippen LogP contribution in [0.3, 0.4) is 0 Å². The Bertz CT molecular complexity index is 621. The van der Waals surface area contributed by atoms with Crippen molar-refractivity contribution in [1.82, 2.24) is 15.1 Å². The van der Waals surface area contributed by atoms with E-state index in [4.69, 9.17) is 0 Å². The van der Waals surface area contributed by atoms with E-state index in [-0.39, 0.29) is 16.7 Å². The zero-order chi connectivity index (χ0) is 14.7. The molecule has 0 fully saturated rings. The lowest BCUT2D eigenvalue weighted by molar-refractivity contribution is -0.384. The van der Waals surface area contributed by atoms with Gasteiger partial charge in [0.05, 0.1) is 11.1 Å². The first-order chi connectivity index (χ1) is 9.49. The minimum Gasteiger partial charge on any atom is -0.306 e. The Morgan fingerprint density at radius 1 is 1.50 bits per heavy atom. The summed E-state index contributed by atoms with van der Waals surface area (Å²) in [6.07, 6.45) is 1.84. The van der Waals surface area contributed by atoms with E-state index in [1.54, 1.807) is 12.1 Å². The molecule has 0 aliphatic rings. The smallest absolute Gasteiger partial charge is 0.269 e. The lowest BCUT2D eigenvalue weighted by atomic mass is 10.1. The van der Waals surface area contributed by atoms with Crippen LogP contribution in [0.15, 0.2) is 30.5 Å². The third kappa shape index (κ3) is 3.03. The van der Waals surface area contributed by atoms with E-state index in [2.05, 4.69) is 10.4 Å². The lowest BCUT2D eigenvalue weighted by Crippen LogP contribution is -2.18. The average Bonchev–Trinajstić information content (AvgIpc) is 2.76. The van der Waals surface area contributed by atoms with Crippen molar-refractivity contribution < 1.29 is 4.92 Å². The van der Waals surface area contributed by atoms with Crippen LogP contribution >= 0.6 is 0 Å². The number of hydrogen-bond acceptors (Lipinski definition) is 4. The molecule has 6 heteroatoms. The van der Waals surface area contributed by atoms with Crippen LogP contribution in [-0.4, -0.2) is 14.7 Å². The molecule has 2 aromatic rings. The monoisotopic (exact) mass is 274 g/mol. The molecular formula is C14H18N4O2. The third-order valence-corrected chi connectivity index (χ3v) is 3.52. The number of nitrogens with zero attached hydrogens (tertiary/aromatic N) is 3. The van der Waals surface area contributed by atoms with E-state index in [1.807, 2.05) is 37.8 Å². The zero-order valence-electron chi connectivity index (χ0n) is 11.8. The fourth-order valence-corrected chi connectivity index (χ4v) is 2.01. The second kappa shape index (κ2) is 5.83. The van der Waals surface area contributed by atoms with E-state index in [0.29, 0.717) is 6.54 Å². The van der Waals surface area contributed by atoms with E-state index in [9.17, 15) is 10.1 Å². The fraction of sp³-hybridized carbons (Fsp3) is 0.357. The molecule has 0 saturated carbocycles. The number of nitrogens with one attached hydrogen (secondary N) is 1. The summed E-state index contributed by atoms with van der Waals surface area (Å²) in [7, 11) is 1.91. The van der Waals surface area contributed by atoms with Crippen LogP contribution in [0.5, 0.6) is 0 Å². The topological polar surface area (TPSA) is 73.0 Å². The average molecular weight is 274 g/mol. The van der Waals surface area contributed by atoms with Gasteiger partial charge >= 0.3 is 0 Å². The van der Waals surface area contributed by atoms with E-state index in [0.717, 1.165) is 16.8 Å². The van der Waals surface area contributed by atoms with E-state index < -0.39 is 0 Å². The minimum absolute atomic E-state index is 0.0366. The predicted octanol–water partition coefficient (Wildman–Crippen LogP) is 2.49. The molecule has 0 radical (unpaired) electrons. The van der Waals surface area contributed by atoms with Gasteiger partial charge in [-0.05, 0) is 19.4 Å². The van der Waals surface area contributed by atoms with Crippen LogP contribution in [0.1, 0.15) is 29.8 Å². The van der Waals surface area contributed by atoms with Crippen molar-refractivity contribution >= 4 is 5.69 Å². The summed E-state index contributed by atoms with van der Waals surface area (Å²) in [5.74, 6) is 0. The number of rotatable bonds is 5. The van der Waals surface area contributed by atoms with Crippen LogP contribution in [-0.2, 0) is 13.6 Å². The molecule has 2 rings (SSSR count). The van der Waals surface area contributed by atoms with E-state index >= 15 is 0 Å². The maximum absolute atomic E-state index is 10.8. The van der Waals surface area contributed by atoms with Crippen LogP contribution in [0.2, 0.25) is 0 Å². The Labute approximate surface area is 117 Å². The molecule has 1 aromatic heterocycles. The molecule has 1 heterocycles. The molecule has 0 spiro atoms. The van der Waals surface area contributed by atoms with Gasteiger partial charge in [0.1, 0.15) is 0 Å². The summed E-state index contributed by atoms with van der Waals surface area (Å²) in [5, 5.41) is 18.3. The first kappa shape index (κ1) is 14.2. The first-order valence-corrected chi connectivity index (χ1v) is 6.44. The number of hydrogen-bond donors (Lipinski definition) is 1. The first-order valence-electron chi connectivity index (χ1n) is 6.44. The Morgan fingerprint density at radius 3 is 2.85 bits per heavy atom. The SMILES string of the molecule is Cc1c(CNC(C)c2cccc([N+](=O)[O-])c2)cnn1C. The van der Waals surface area contributed by atoms with E-state index in [1.165, 1.54) is 6.07 Å². The van der Waals surface area contributed by atoms with Gasteiger partial charge in [0.2, 0.25) is 0 Å². The predicted molar refractivity (Wildman–Crippen MR) is 76.3 cm³/mol. The van der Waals surface area contributed by atoms with Gasteiger partial charge < -0.3 is 5.32 Å². The Morgan fingerprint density at radius 2 is 2.25 bits per heavy atom. The summed E-state index contributed by atoms with van der Waals surface area (Å²) in [6.45, 7) is 4.69. The van der Waals surface area contributed by atoms with Gasteiger partial charge in [-0.25, -0.2) is 0 Å². The standard InChI is InChI=1S/C14H18N4O2/c1-10(12-5-4-6-14(7-12)18(19)20)15-8-13-9-16-17(3)11(13)2/h4-7,9-10,15H,8H2,1-3H3. The molecule has 0 bridgehead atoms. The Hall–Kier alpha value is -2.21. The van der Waals surface area contributed by atoms with Gasteiger partial charge in [0.25, 0.3) is 5.69 Å². The highest BCUT2D eigenvalue weighted by Crippen LogP contribution is 2.19. The normalized spacial score (nSPS) is 12.3. The van der Waals surface area contributed by atoms with Gasteiger partial charge in [-0.2, -0.15) is 5.10 Å². The van der Waals surface area contributed by atoms with Crippen molar-refractivity contribution in [3.63, 3.8) is 0 Å². The number of benzene rings is 1. The van der Waals surface area contributed by atoms with Crippen molar-refractivity contribution in [1.29, 1.82) is 0 Å². The van der Waals surface area contributed by atoms with Crippen LogP contribution in [0.4, 0.5) is 5.69 Å². The number of aromatic nitrogens is 2. The van der Waals surface area contributed by atoms with Gasteiger partial charge in [-0.3, -0.25) is 14.8 Å². The van der Waals surface area contributed by atoms with Gasteiger partial charge in [-0.15, -0.1) is 0 Å². The minimum atomic E-state index is -0.374. The zero-order valence-corrected chi connectivity index (χ0v) is 11.8. The maximum Gasteiger partial charge on any atom is 0.269 e. The highest BCUT2D eigenvalue weighted by Gasteiger charge is 2.11. The van der Waals surface area contributed by atoms with Gasteiger partial charge in [0.15, 0.2) is 0 Å². The number of non-ortho nitro benzene ring substituents is 1.